The molecule has 150 valence electrons. The van der Waals surface area contributed by atoms with E-state index < -0.39 is 0 Å². The molecule has 1 fully saturated rings. The predicted octanol–water partition coefficient (Wildman–Crippen LogP) is 2.97. The molecule has 2 heterocycles. The van der Waals surface area contributed by atoms with Gasteiger partial charge in [0, 0.05) is 25.1 Å². The first-order valence-electron chi connectivity index (χ1n) is 9.72. The van der Waals surface area contributed by atoms with Crippen molar-refractivity contribution in [1.29, 1.82) is 0 Å². The summed E-state index contributed by atoms with van der Waals surface area (Å²) < 4.78 is 16.5. The third-order valence-corrected chi connectivity index (χ3v) is 5.11. The van der Waals surface area contributed by atoms with Crippen molar-refractivity contribution in [2.24, 2.45) is 4.99 Å². The number of aliphatic imine (C=N–C) groups is 1. The average Bonchev–Trinajstić information content (AvgIpc) is 2.80. The Hall–Kier alpha value is -3.12. The Kier molecular flexibility index (Phi) is 5.91. The van der Waals surface area contributed by atoms with Gasteiger partial charge in [0.2, 0.25) is 0 Å². The third-order valence-electron chi connectivity index (χ3n) is 5.11. The van der Waals surface area contributed by atoms with Crippen LogP contribution >= 0.6 is 0 Å². The van der Waals surface area contributed by atoms with Crippen LogP contribution in [0.15, 0.2) is 59.1 Å². The van der Waals surface area contributed by atoms with Crippen LogP contribution < -0.4 is 9.47 Å². The topological polar surface area (TPSA) is 60.4 Å². The molecule has 2 aromatic rings. The van der Waals surface area contributed by atoms with Gasteiger partial charge in [-0.25, -0.2) is 4.99 Å². The van der Waals surface area contributed by atoms with Gasteiger partial charge in [-0.1, -0.05) is 24.3 Å². The molecule has 0 unspecified atom stereocenters. The molecule has 0 saturated carbocycles. The van der Waals surface area contributed by atoms with Gasteiger partial charge >= 0.3 is 0 Å². The van der Waals surface area contributed by atoms with Crippen molar-refractivity contribution in [3.05, 3.63) is 65.2 Å². The Labute approximate surface area is 170 Å². The summed E-state index contributed by atoms with van der Waals surface area (Å²) in [6.45, 7) is 3.12. The molecule has 0 amide bonds. The summed E-state index contributed by atoms with van der Waals surface area (Å²) in [7, 11) is 1.66. The van der Waals surface area contributed by atoms with Gasteiger partial charge < -0.3 is 19.1 Å². The average molecular weight is 392 g/mol. The fraction of sp³-hybridized carbons (Fsp3) is 0.304. The molecule has 29 heavy (non-hydrogen) atoms. The number of carbonyl (C=O) groups excluding carboxylic acids is 1. The first-order chi connectivity index (χ1) is 14.3. The third kappa shape index (κ3) is 4.32. The van der Waals surface area contributed by atoms with E-state index in [0.717, 1.165) is 47.8 Å². The Morgan fingerprint density at radius 2 is 1.90 bits per heavy atom. The van der Waals surface area contributed by atoms with Gasteiger partial charge in [-0.3, -0.25) is 4.79 Å². The number of morpholine rings is 1. The van der Waals surface area contributed by atoms with Crippen LogP contribution in [0.3, 0.4) is 0 Å². The molecule has 0 aromatic heterocycles. The van der Waals surface area contributed by atoms with E-state index in [1.54, 1.807) is 7.11 Å². The molecule has 6 nitrogen and oxygen atoms in total. The van der Waals surface area contributed by atoms with Crippen LogP contribution in [0.25, 0.3) is 5.70 Å². The molecule has 0 spiro atoms. The van der Waals surface area contributed by atoms with Gasteiger partial charge in [-0.05, 0) is 29.8 Å². The molecule has 0 bridgehead atoms. The molecular formula is C23H24N2O4. The quantitative estimate of drug-likeness (QED) is 0.445. The molecule has 2 aliphatic rings. The minimum absolute atomic E-state index is 0.234. The fourth-order valence-electron chi connectivity index (χ4n) is 3.51. The highest BCUT2D eigenvalue weighted by atomic mass is 16.5. The Morgan fingerprint density at radius 3 is 2.62 bits per heavy atom. The summed E-state index contributed by atoms with van der Waals surface area (Å²) in [6.07, 6.45) is 1.50. The van der Waals surface area contributed by atoms with E-state index in [4.69, 9.17) is 19.2 Å². The maximum absolute atomic E-state index is 11.7. The molecule has 4 rings (SSSR count). The summed E-state index contributed by atoms with van der Waals surface area (Å²) in [5, 5.41) is 0. The Morgan fingerprint density at radius 1 is 1.14 bits per heavy atom. The normalized spacial score (nSPS) is 16.9. The fourth-order valence-corrected chi connectivity index (χ4v) is 3.51. The first kappa shape index (κ1) is 19.2. The SMILES string of the molecule is COc1ccc(CC(=NC2=C(C=O)COc3ccccc32)N2CCOCC2)cc1. The smallest absolute Gasteiger partial charge is 0.151 e. The molecule has 0 aliphatic carbocycles. The van der Waals surface area contributed by atoms with Crippen molar-refractivity contribution in [2.75, 3.05) is 40.0 Å². The van der Waals surface area contributed by atoms with E-state index in [2.05, 4.69) is 4.90 Å². The molecule has 6 heteroatoms. The Balaban J connectivity index is 1.73. The van der Waals surface area contributed by atoms with Gasteiger partial charge in [-0.15, -0.1) is 0 Å². The van der Waals surface area contributed by atoms with Gasteiger partial charge in [0.15, 0.2) is 6.29 Å². The van der Waals surface area contributed by atoms with Crippen molar-refractivity contribution in [2.45, 2.75) is 6.42 Å². The van der Waals surface area contributed by atoms with E-state index in [1.165, 1.54) is 0 Å². The summed E-state index contributed by atoms with van der Waals surface area (Å²) in [5.74, 6) is 2.50. The van der Waals surface area contributed by atoms with Crippen LogP contribution in [0.2, 0.25) is 0 Å². The van der Waals surface area contributed by atoms with Crippen LogP contribution in [-0.2, 0) is 16.0 Å². The highest BCUT2D eigenvalue weighted by Crippen LogP contribution is 2.33. The molecule has 0 radical (unpaired) electrons. The van der Waals surface area contributed by atoms with E-state index in [-0.39, 0.29) is 6.61 Å². The summed E-state index contributed by atoms with van der Waals surface area (Å²) in [6, 6.07) is 15.7. The van der Waals surface area contributed by atoms with Crippen LogP contribution in [-0.4, -0.2) is 57.0 Å². The minimum atomic E-state index is 0.234. The summed E-state index contributed by atoms with van der Waals surface area (Å²) in [5.41, 5.74) is 3.23. The number of hydrogen-bond donors (Lipinski definition) is 0. The van der Waals surface area contributed by atoms with E-state index in [0.29, 0.717) is 30.9 Å². The number of methoxy groups -OCH3 is 1. The lowest BCUT2D eigenvalue weighted by atomic mass is 10.0. The lowest BCUT2D eigenvalue weighted by molar-refractivity contribution is -0.105. The highest BCUT2D eigenvalue weighted by Gasteiger charge is 2.22. The second-order valence-electron chi connectivity index (χ2n) is 6.93. The number of benzene rings is 2. The molecule has 0 atom stereocenters. The minimum Gasteiger partial charge on any atom is -0.497 e. The molecule has 0 N–H and O–H groups in total. The number of hydrogen-bond acceptors (Lipinski definition) is 5. The van der Waals surface area contributed by atoms with Crippen molar-refractivity contribution in [3.63, 3.8) is 0 Å². The number of carbonyl (C=O) groups is 1. The number of para-hydroxylation sites is 1. The number of amidine groups is 1. The van der Waals surface area contributed by atoms with E-state index >= 15 is 0 Å². The maximum atomic E-state index is 11.7. The second kappa shape index (κ2) is 8.92. The predicted molar refractivity (Wildman–Crippen MR) is 111 cm³/mol. The monoisotopic (exact) mass is 392 g/mol. The van der Waals surface area contributed by atoms with Crippen molar-refractivity contribution >= 4 is 17.8 Å². The molecule has 1 saturated heterocycles. The van der Waals surface area contributed by atoms with Crippen LogP contribution in [0.1, 0.15) is 11.1 Å². The van der Waals surface area contributed by atoms with Gasteiger partial charge in [0.05, 0.1) is 31.6 Å². The molecule has 2 aliphatic heterocycles. The number of aldehydes is 1. The molecular weight excluding hydrogens is 368 g/mol. The van der Waals surface area contributed by atoms with Crippen molar-refractivity contribution in [1.82, 2.24) is 4.90 Å². The van der Waals surface area contributed by atoms with Gasteiger partial charge in [-0.2, -0.15) is 0 Å². The lowest BCUT2D eigenvalue weighted by Gasteiger charge is -2.31. The number of nitrogens with zero attached hydrogens (tertiary/aromatic N) is 2. The highest BCUT2D eigenvalue weighted by molar-refractivity contribution is 5.97. The molecule has 2 aromatic carbocycles. The van der Waals surface area contributed by atoms with E-state index in [1.807, 2.05) is 48.5 Å². The van der Waals surface area contributed by atoms with Crippen LogP contribution in [0.4, 0.5) is 0 Å². The number of rotatable bonds is 5. The maximum Gasteiger partial charge on any atom is 0.151 e. The van der Waals surface area contributed by atoms with Crippen molar-refractivity contribution < 1.29 is 19.0 Å². The van der Waals surface area contributed by atoms with Crippen LogP contribution in [0.5, 0.6) is 11.5 Å². The number of fused-ring (bicyclic) bond motifs is 1. The van der Waals surface area contributed by atoms with E-state index in [9.17, 15) is 4.79 Å². The summed E-state index contributed by atoms with van der Waals surface area (Å²) >= 11 is 0. The zero-order chi connectivity index (χ0) is 20.1. The van der Waals surface area contributed by atoms with Crippen molar-refractivity contribution in [3.8, 4) is 11.5 Å². The second-order valence-corrected chi connectivity index (χ2v) is 6.93. The zero-order valence-electron chi connectivity index (χ0n) is 16.5. The lowest BCUT2D eigenvalue weighted by Crippen LogP contribution is -2.41. The Bertz CT molecular complexity index is 928. The van der Waals surface area contributed by atoms with Gasteiger partial charge in [0.1, 0.15) is 23.9 Å². The first-order valence-corrected chi connectivity index (χ1v) is 9.72. The van der Waals surface area contributed by atoms with Crippen LogP contribution in [0, 0.1) is 0 Å². The van der Waals surface area contributed by atoms with Gasteiger partial charge in [0.25, 0.3) is 0 Å². The largest absolute Gasteiger partial charge is 0.497 e. The summed E-state index contributed by atoms with van der Waals surface area (Å²) in [4.78, 5) is 19.0. The standard InChI is InChI=1S/C23H24N2O4/c1-27-19-8-6-17(7-9-19)14-22(25-10-12-28-13-11-25)24-23-18(15-26)16-29-21-5-3-2-4-20(21)23/h2-9,15H,10-14,16H2,1H3. The zero-order valence-corrected chi connectivity index (χ0v) is 16.5. The number of ether oxygens (including phenoxy) is 3.